The summed E-state index contributed by atoms with van der Waals surface area (Å²) in [4.78, 5) is 10.2. The number of carboxylic acid groups (broad SMARTS) is 1. The molecule has 1 N–H and O–H groups in total. The molecule has 1 aromatic rings. The Kier molecular flexibility index (Phi) is 4.13. The van der Waals surface area contributed by atoms with Gasteiger partial charge in [-0.15, -0.1) is 0 Å². The maximum absolute atomic E-state index is 10.2. The zero-order valence-corrected chi connectivity index (χ0v) is 9.03. The molecule has 0 unspecified atom stereocenters. The molecule has 0 aliphatic heterocycles. The van der Waals surface area contributed by atoms with E-state index >= 15 is 0 Å². The predicted molar refractivity (Wildman–Crippen MR) is 61.8 cm³/mol. The number of hydrogen-bond donors (Lipinski definition) is 1. The van der Waals surface area contributed by atoms with Gasteiger partial charge in [-0.25, -0.2) is 4.79 Å². The van der Waals surface area contributed by atoms with Crippen LogP contribution in [0.25, 0.3) is 5.03 Å². The van der Waals surface area contributed by atoms with Gasteiger partial charge in [-0.3, -0.25) is 0 Å². The van der Waals surface area contributed by atoms with Gasteiger partial charge in [0.15, 0.2) is 0 Å². The van der Waals surface area contributed by atoms with Crippen LogP contribution in [0.2, 0.25) is 0 Å². The fourth-order valence-corrected chi connectivity index (χ4v) is 1.22. The minimum Gasteiger partial charge on any atom is -0.478 e. The monoisotopic (exact) mass is 222 g/mol. The van der Waals surface area contributed by atoms with Gasteiger partial charge in [0, 0.05) is 11.1 Å². The predicted octanol–water partition coefficient (Wildman–Crippen LogP) is 3.22. The van der Waals surface area contributed by atoms with Crippen LogP contribution in [-0.2, 0) is 4.79 Å². The highest BCUT2D eigenvalue weighted by Gasteiger charge is 1.95. The molecule has 0 radical (unpaired) electrons. The van der Waals surface area contributed by atoms with Gasteiger partial charge in [-0.05, 0) is 18.6 Å². The van der Waals surface area contributed by atoms with Crippen molar-refractivity contribution < 1.29 is 9.90 Å². The molecular formula is C12H11ClO2. The highest BCUT2D eigenvalue weighted by atomic mass is 35.5. The molecule has 15 heavy (non-hydrogen) atoms. The number of benzene rings is 1. The lowest BCUT2D eigenvalue weighted by molar-refractivity contribution is -0.131. The smallest absolute Gasteiger partial charge is 0.328 e. The van der Waals surface area contributed by atoms with Crippen LogP contribution in [0, 0.1) is 6.92 Å². The Labute approximate surface area is 93.5 Å². The largest absolute Gasteiger partial charge is 0.478 e. The molecule has 0 amide bonds. The minimum atomic E-state index is -0.986. The van der Waals surface area contributed by atoms with Crippen molar-refractivity contribution in [2.75, 3.05) is 0 Å². The van der Waals surface area contributed by atoms with E-state index in [9.17, 15) is 4.79 Å². The number of allylic oxidation sites excluding steroid dienone is 2. The topological polar surface area (TPSA) is 37.3 Å². The Bertz CT molecular complexity index is 402. The van der Waals surface area contributed by atoms with E-state index in [2.05, 4.69) is 0 Å². The molecule has 0 fully saturated rings. The molecule has 0 aliphatic rings. The summed E-state index contributed by atoms with van der Waals surface area (Å²) in [6.45, 7) is 1.99. The van der Waals surface area contributed by atoms with Crippen molar-refractivity contribution in [3.63, 3.8) is 0 Å². The Balaban J connectivity index is 2.80. The summed E-state index contributed by atoms with van der Waals surface area (Å²) >= 11 is 5.96. The summed E-state index contributed by atoms with van der Waals surface area (Å²) in [5.41, 5.74) is 2.03. The van der Waals surface area contributed by atoms with Gasteiger partial charge in [0.05, 0.1) is 0 Å². The summed E-state index contributed by atoms with van der Waals surface area (Å²) in [5.74, 6) is -0.986. The number of carboxylic acids is 1. The Morgan fingerprint density at radius 3 is 2.47 bits per heavy atom. The number of rotatable bonds is 3. The van der Waals surface area contributed by atoms with E-state index in [1.165, 1.54) is 6.08 Å². The zero-order valence-electron chi connectivity index (χ0n) is 8.27. The number of carbonyl (C=O) groups is 1. The van der Waals surface area contributed by atoms with Crippen LogP contribution in [0.4, 0.5) is 0 Å². The molecule has 1 rings (SSSR count). The molecule has 0 spiro atoms. The van der Waals surface area contributed by atoms with Crippen LogP contribution in [0.3, 0.4) is 0 Å². The second-order valence-electron chi connectivity index (χ2n) is 3.08. The van der Waals surface area contributed by atoms with Crippen LogP contribution < -0.4 is 0 Å². The van der Waals surface area contributed by atoms with Crippen LogP contribution in [0.1, 0.15) is 11.1 Å². The highest BCUT2D eigenvalue weighted by molar-refractivity contribution is 6.48. The number of hydrogen-bond acceptors (Lipinski definition) is 1. The SMILES string of the molecule is Cc1ccc(/C(Cl)=C/C=C/C(=O)O)cc1. The van der Waals surface area contributed by atoms with E-state index in [1.807, 2.05) is 31.2 Å². The molecule has 1 aromatic carbocycles. The van der Waals surface area contributed by atoms with Crippen molar-refractivity contribution in [3.8, 4) is 0 Å². The summed E-state index contributed by atoms with van der Waals surface area (Å²) < 4.78 is 0. The van der Waals surface area contributed by atoms with Crippen molar-refractivity contribution in [2.45, 2.75) is 6.92 Å². The second kappa shape index (κ2) is 5.37. The average Bonchev–Trinajstić information content (AvgIpc) is 2.18. The molecule has 0 aliphatic carbocycles. The highest BCUT2D eigenvalue weighted by Crippen LogP contribution is 2.18. The van der Waals surface area contributed by atoms with Crippen LogP contribution in [-0.4, -0.2) is 11.1 Å². The number of aryl methyl sites for hydroxylation is 1. The summed E-state index contributed by atoms with van der Waals surface area (Å²) in [6, 6.07) is 7.68. The van der Waals surface area contributed by atoms with Gasteiger partial charge in [-0.1, -0.05) is 47.5 Å². The maximum Gasteiger partial charge on any atom is 0.328 e. The molecule has 0 saturated heterocycles. The third-order valence-corrected chi connectivity index (χ3v) is 2.15. The molecule has 0 heterocycles. The van der Waals surface area contributed by atoms with Gasteiger partial charge < -0.3 is 5.11 Å². The van der Waals surface area contributed by atoms with E-state index in [4.69, 9.17) is 16.7 Å². The Hall–Kier alpha value is -1.54. The van der Waals surface area contributed by atoms with Crippen molar-refractivity contribution in [3.05, 3.63) is 53.6 Å². The van der Waals surface area contributed by atoms with E-state index in [-0.39, 0.29) is 0 Å². The van der Waals surface area contributed by atoms with E-state index < -0.39 is 5.97 Å². The number of halogens is 1. The lowest BCUT2D eigenvalue weighted by Crippen LogP contribution is -1.84. The summed E-state index contributed by atoms with van der Waals surface area (Å²) in [7, 11) is 0. The molecule has 3 heteroatoms. The molecule has 2 nitrogen and oxygen atoms in total. The average molecular weight is 223 g/mol. The van der Waals surface area contributed by atoms with Gasteiger partial charge in [-0.2, -0.15) is 0 Å². The first kappa shape index (κ1) is 11.5. The first-order valence-corrected chi connectivity index (χ1v) is 4.81. The molecule has 78 valence electrons. The Morgan fingerprint density at radius 1 is 1.33 bits per heavy atom. The van der Waals surface area contributed by atoms with Gasteiger partial charge >= 0.3 is 5.97 Å². The normalized spacial score (nSPS) is 12.0. The standard InChI is InChI=1S/C12H11ClO2/c1-9-5-7-10(8-6-9)11(13)3-2-4-12(14)15/h2-8H,1H3,(H,14,15)/b4-2+,11-3-. The molecule has 0 bridgehead atoms. The van der Waals surface area contributed by atoms with E-state index in [0.717, 1.165) is 17.2 Å². The molecule has 0 saturated carbocycles. The second-order valence-corrected chi connectivity index (χ2v) is 3.49. The van der Waals surface area contributed by atoms with Crippen LogP contribution in [0.5, 0.6) is 0 Å². The van der Waals surface area contributed by atoms with E-state index in [0.29, 0.717) is 5.03 Å². The first-order valence-electron chi connectivity index (χ1n) is 4.43. The molecular weight excluding hydrogens is 212 g/mol. The van der Waals surface area contributed by atoms with Crippen LogP contribution in [0.15, 0.2) is 42.5 Å². The van der Waals surface area contributed by atoms with Gasteiger partial charge in [0.25, 0.3) is 0 Å². The molecule has 0 atom stereocenters. The van der Waals surface area contributed by atoms with Crippen molar-refractivity contribution in [1.29, 1.82) is 0 Å². The summed E-state index contributed by atoms with van der Waals surface area (Å²) in [5, 5.41) is 8.90. The van der Waals surface area contributed by atoms with Crippen molar-refractivity contribution in [1.82, 2.24) is 0 Å². The van der Waals surface area contributed by atoms with Gasteiger partial charge in [0.2, 0.25) is 0 Å². The Morgan fingerprint density at radius 2 is 1.93 bits per heavy atom. The van der Waals surface area contributed by atoms with Crippen molar-refractivity contribution in [2.24, 2.45) is 0 Å². The van der Waals surface area contributed by atoms with Gasteiger partial charge in [0.1, 0.15) is 0 Å². The van der Waals surface area contributed by atoms with Crippen molar-refractivity contribution >= 4 is 22.6 Å². The quantitative estimate of drug-likeness (QED) is 0.630. The fourth-order valence-electron chi connectivity index (χ4n) is 1.02. The zero-order chi connectivity index (χ0) is 11.3. The minimum absolute atomic E-state index is 0.521. The molecule has 0 aromatic heterocycles. The van der Waals surface area contributed by atoms with Crippen LogP contribution >= 0.6 is 11.6 Å². The number of aliphatic carboxylic acids is 1. The lowest BCUT2D eigenvalue weighted by atomic mass is 10.1. The summed E-state index contributed by atoms with van der Waals surface area (Å²) in [6.07, 6.45) is 4.00. The lowest BCUT2D eigenvalue weighted by Gasteiger charge is -1.98. The van der Waals surface area contributed by atoms with E-state index in [1.54, 1.807) is 6.08 Å². The fraction of sp³-hybridized carbons (Fsp3) is 0.0833. The third kappa shape index (κ3) is 4.00. The maximum atomic E-state index is 10.2. The first-order chi connectivity index (χ1) is 7.09. The third-order valence-electron chi connectivity index (χ3n) is 1.81.